The number of anilines is 1. The molecule has 0 radical (unpaired) electrons. The molecule has 0 saturated heterocycles. The lowest BCUT2D eigenvalue weighted by Crippen LogP contribution is -2.07. The normalized spacial score (nSPS) is 10.4. The summed E-state index contributed by atoms with van der Waals surface area (Å²) >= 11 is 0. The molecule has 0 unspecified atom stereocenters. The highest BCUT2D eigenvalue weighted by molar-refractivity contribution is 5.58. The molecule has 0 fully saturated rings. The predicted octanol–water partition coefficient (Wildman–Crippen LogP) is 2.51. The average Bonchev–Trinajstić information content (AvgIpc) is 2.46. The summed E-state index contributed by atoms with van der Waals surface area (Å²) in [5, 5.41) is 3.27. The molecule has 0 aliphatic heterocycles. The summed E-state index contributed by atoms with van der Waals surface area (Å²) in [6.45, 7) is 3.39. The van der Waals surface area contributed by atoms with Gasteiger partial charge in [0, 0.05) is 25.9 Å². The Balaban J connectivity index is 2.33. The van der Waals surface area contributed by atoms with Gasteiger partial charge in [-0.15, -0.1) is 0 Å². The van der Waals surface area contributed by atoms with Crippen molar-refractivity contribution in [3.05, 3.63) is 36.3 Å². The van der Waals surface area contributed by atoms with Gasteiger partial charge in [-0.25, -0.2) is 9.97 Å². The smallest absolute Gasteiger partial charge is 0.157 e. The zero-order valence-corrected chi connectivity index (χ0v) is 11.3. The van der Waals surface area contributed by atoms with Crippen molar-refractivity contribution < 1.29 is 4.74 Å². The fourth-order valence-electron chi connectivity index (χ4n) is 1.68. The SMILES string of the molecule is CCCNc1cc(-c2ccccn2)nc(COC)n1. The van der Waals surface area contributed by atoms with E-state index >= 15 is 0 Å². The second kappa shape index (κ2) is 6.80. The topological polar surface area (TPSA) is 59.9 Å². The monoisotopic (exact) mass is 258 g/mol. The first-order valence-corrected chi connectivity index (χ1v) is 6.35. The van der Waals surface area contributed by atoms with E-state index in [9.17, 15) is 0 Å². The van der Waals surface area contributed by atoms with Crippen molar-refractivity contribution in [1.29, 1.82) is 0 Å². The Kier molecular flexibility index (Phi) is 4.80. The highest BCUT2D eigenvalue weighted by Gasteiger charge is 2.07. The van der Waals surface area contributed by atoms with Gasteiger partial charge in [0.2, 0.25) is 0 Å². The molecule has 0 aromatic carbocycles. The van der Waals surface area contributed by atoms with Gasteiger partial charge in [0.15, 0.2) is 5.82 Å². The Morgan fingerprint density at radius 3 is 2.79 bits per heavy atom. The first-order valence-electron chi connectivity index (χ1n) is 6.35. The molecule has 0 saturated carbocycles. The van der Waals surface area contributed by atoms with E-state index < -0.39 is 0 Å². The van der Waals surface area contributed by atoms with Crippen molar-refractivity contribution >= 4 is 5.82 Å². The Morgan fingerprint density at radius 2 is 2.11 bits per heavy atom. The van der Waals surface area contributed by atoms with Gasteiger partial charge in [-0.05, 0) is 18.6 Å². The number of aromatic nitrogens is 3. The van der Waals surface area contributed by atoms with E-state index in [1.54, 1.807) is 13.3 Å². The molecule has 0 aliphatic carbocycles. The number of methoxy groups -OCH3 is 1. The van der Waals surface area contributed by atoms with Gasteiger partial charge in [-0.3, -0.25) is 4.98 Å². The maximum absolute atomic E-state index is 5.11. The van der Waals surface area contributed by atoms with E-state index in [2.05, 4.69) is 27.2 Å². The Labute approximate surface area is 113 Å². The summed E-state index contributed by atoms with van der Waals surface area (Å²) in [6, 6.07) is 7.68. The lowest BCUT2D eigenvalue weighted by atomic mass is 10.2. The Bertz CT molecular complexity index is 516. The van der Waals surface area contributed by atoms with E-state index in [0.29, 0.717) is 12.4 Å². The molecular weight excluding hydrogens is 240 g/mol. The molecule has 0 atom stereocenters. The molecule has 100 valence electrons. The molecule has 0 spiro atoms. The summed E-state index contributed by atoms with van der Waals surface area (Å²) < 4.78 is 5.11. The number of nitrogens with one attached hydrogen (secondary N) is 1. The predicted molar refractivity (Wildman–Crippen MR) is 74.8 cm³/mol. The largest absolute Gasteiger partial charge is 0.377 e. The van der Waals surface area contributed by atoms with Crippen LogP contribution in [0.25, 0.3) is 11.4 Å². The lowest BCUT2D eigenvalue weighted by molar-refractivity contribution is 0.178. The van der Waals surface area contributed by atoms with Crippen LogP contribution in [0.1, 0.15) is 19.2 Å². The van der Waals surface area contributed by atoms with E-state index in [0.717, 1.165) is 30.2 Å². The lowest BCUT2D eigenvalue weighted by Gasteiger charge is -2.08. The standard InChI is InChI=1S/C14H18N4O/c1-3-7-16-13-9-12(11-6-4-5-8-15-11)17-14(18-13)10-19-2/h4-6,8-9H,3,7,10H2,1-2H3,(H,16,17,18). The van der Waals surface area contributed by atoms with Crippen LogP contribution in [0.15, 0.2) is 30.5 Å². The third-order valence-electron chi connectivity index (χ3n) is 2.53. The molecular formula is C14H18N4O. The first-order chi connectivity index (χ1) is 9.33. The molecule has 19 heavy (non-hydrogen) atoms. The second-order valence-corrected chi connectivity index (χ2v) is 4.13. The van der Waals surface area contributed by atoms with Crippen LogP contribution in [0.2, 0.25) is 0 Å². The minimum absolute atomic E-state index is 0.390. The summed E-state index contributed by atoms with van der Waals surface area (Å²) in [5.41, 5.74) is 1.64. The van der Waals surface area contributed by atoms with E-state index in [1.807, 2.05) is 24.3 Å². The van der Waals surface area contributed by atoms with Crippen LogP contribution >= 0.6 is 0 Å². The zero-order valence-electron chi connectivity index (χ0n) is 11.3. The molecule has 2 rings (SSSR count). The maximum atomic E-state index is 5.11. The van der Waals surface area contributed by atoms with Crippen molar-refractivity contribution in [2.24, 2.45) is 0 Å². The second-order valence-electron chi connectivity index (χ2n) is 4.13. The Morgan fingerprint density at radius 1 is 1.21 bits per heavy atom. The van der Waals surface area contributed by atoms with Crippen LogP contribution in [-0.4, -0.2) is 28.6 Å². The summed E-state index contributed by atoms with van der Waals surface area (Å²) in [4.78, 5) is 13.2. The fourth-order valence-corrected chi connectivity index (χ4v) is 1.68. The van der Waals surface area contributed by atoms with Crippen molar-refractivity contribution in [2.45, 2.75) is 20.0 Å². The van der Waals surface area contributed by atoms with Gasteiger partial charge >= 0.3 is 0 Å². The molecule has 1 N–H and O–H groups in total. The molecule has 5 nitrogen and oxygen atoms in total. The summed E-state index contributed by atoms with van der Waals surface area (Å²) in [7, 11) is 1.63. The number of pyridine rings is 1. The number of nitrogens with zero attached hydrogens (tertiary/aromatic N) is 3. The molecule has 0 aliphatic rings. The van der Waals surface area contributed by atoms with Gasteiger partial charge in [0.1, 0.15) is 12.4 Å². The van der Waals surface area contributed by atoms with Gasteiger partial charge in [0.05, 0.1) is 11.4 Å². The van der Waals surface area contributed by atoms with E-state index in [1.165, 1.54) is 0 Å². The van der Waals surface area contributed by atoms with Crippen LogP contribution in [0.4, 0.5) is 5.82 Å². The van der Waals surface area contributed by atoms with Crippen molar-refractivity contribution in [1.82, 2.24) is 15.0 Å². The number of ether oxygens (including phenoxy) is 1. The van der Waals surface area contributed by atoms with Gasteiger partial charge in [0.25, 0.3) is 0 Å². The quantitative estimate of drug-likeness (QED) is 0.862. The summed E-state index contributed by atoms with van der Waals surface area (Å²) in [6.07, 6.45) is 2.80. The van der Waals surface area contributed by atoms with Crippen LogP contribution in [-0.2, 0) is 11.3 Å². The van der Waals surface area contributed by atoms with Crippen molar-refractivity contribution in [3.8, 4) is 11.4 Å². The number of rotatable bonds is 6. The minimum Gasteiger partial charge on any atom is -0.377 e. The molecule has 2 aromatic heterocycles. The van der Waals surface area contributed by atoms with Gasteiger partial charge in [-0.2, -0.15) is 0 Å². The van der Waals surface area contributed by atoms with Crippen LogP contribution in [0, 0.1) is 0 Å². The van der Waals surface area contributed by atoms with Crippen LogP contribution < -0.4 is 5.32 Å². The van der Waals surface area contributed by atoms with E-state index in [-0.39, 0.29) is 0 Å². The molecule has 2 heterocycles. The summed E-state index contributed by atoms with van der Waals surface area (Å²) in [5.74, 6) is 1.47. The van der Waals surface area contributed by atoms with Crippen molar-refractivity contribution in [3.63, 3.8) is 0 Å². The number of hydrogen-bond acceptors (Lipinski definition) is 5. The highest BCUT2D eigenvalue weighted by Crippen LogP contribution is 2.17. The molecule has 0 bridgehead atoms. The third kappa shape index (κ3) is 3.72. The van der Waals surface area contributed by atoms with Crippen LogP contribution in [0.5, 0.6) is 0 Å². The van der Waals surface area contributed by atoms with Crippen LogP contribution in [0.3, 0.4) is 0 Å². The fraction of sp³-hybridized carbons (Fsp3) is 0.357. The van der Waals surface area contributed by atoms with Gasteiger partial charge in [-0.1, -0.05) is 13.0 Å². The van der Waals surface area contributed by atoms with Crippen molar-refractivity contribution in [2.75, 3.05) is 19.0 Å². The first kappa shape index (κ1) is 13.4. The highest BCUT2D eigenvalue weighted by atomic mass is 16.5. The average molecular weight is 258 g/mol. The third-order valence-corrected chi connectivity index (χ3v) is 2.53. The Hall–Kier alpha value is -2.01. The maximum Gasteiger partial charge on any atom is 0.157 e. The zero-order chi connectivity index (χ0) is 13.5. The number of hydrogen-bond donors (Lipinski definition) is 1. The minimum atomic E-state index is 0.390. The molecule has 0 amide bonds. The molecule has 2 aromatic rings. The molecule has 5 heteroatoms. The van der Waals surface area contributed by atoms with E-state index in [4.69, 9.17) is 4.74 Å². The van der Waals surface area contributed by atoms with Gasteiger partial charge < -0.3 is 10.1 Å².